The molecule has 1 aromatic rings. The largest absolute Gasteiger partial charge is 0.378 e. The molecule has 1 saturated carbocycles. The highest BCUT2D eigenvalue weighted by Gasteiger charge is 2.58. The van der Waals surface area contributed by atoms with Crippen molar-refractivity contribution in [2.45, 2.75) is 51.3 Å². The molecule has 1 fully saturated rings. The third-order valence-corrected chi connectivity index (χ3v) is 5.25. The van der Waals surface area contributed by atoms with E-state index in [1.54, 1.807) is 7.11 Å². The van der Waals surface area contributed by atoms with E-state index in [0.717, 1.165) is 12.0 Å². The molecule has 2 rings (SSSR count). The van der Waals surface area contributed by atoms with E-state index in [0.29, 0.717) is 6.42 Å². The minimum atomic E-state index is -0.261. The van der Waals surface area contributed by atoms with Crippen LogP contribution in [-0.2, 0) is 9.53 Å². The minimum absolute atomic E-state index is 0.00239. The monoisotopic (exact) mass is 290 g/mol. The lowest BCUT2D eigenvalue weighted by Gasteiger charge is -2.59. The van der Waals surface area contributed by atoms with Crippen molar-refractivity contribution in [2.24, 2.45) is 11.1 Å². The van der Waals surface area contributed by atoms with Crippen molar-refractivity contribution in [1.29, 1.82) is 0 Å². The van der Waals surface area contributed by atoms with Crippen LogP contribution in [0.15, 0.2) is 30.3 Å². The quantitative estimate of drug-likeness (QED) is 0.875. The molecule has 0 aromatic heterocycles. The summed E-state index contributed by atoms with van der Waals surface area (Å²) in [6, 6.07) is 9.60. The van der Waals surface area contributed by atoms with Gasteiger partial charge in [-0.1, -0.05) is 44.2 Å². The highest BCUT2D eigenvalue weighted by atomic mass is 16.5. The third kappa shape index (κ3) is 2.97. The summed E-state index contributed by atoms with van der Waals surface area (Å²) in [5, 5.41) is 3.10. The Morgan fingerprint density at radius 1 is 1.38 bits per heavy atom. The second kappa shape index (κ2) is 5.78. The number of hydrogen-bond acceptors (Lipinski definition) is 3. The van der Waals surface area contributed by atoms with Gasteiger partial charge in [-0.25, -0.2) is 0 Å². The average molecular weight is 290 g/mol. The molecule has 21 heavy (non-hydrogen) atoms. The number of hydrogen-bond donors (Lipinski definition) is 2. The van der Waals surface area contributed by atoms with E-state index in [1.165, 1.54) is 0 Å². The number of ether oxygens (including phenoxy) is 1. The van der Waals surface area contributed by atoms with Crippen LogP contribution in [-0.4, -0.2) is 24.7 Å². The van der Waals surface area contributed by atoms with Crippen molar-refractivity contribution in [1.82, 2.24) is 5.32 Å². The molecule has 1 aliphatic rings. The van der Waals surface area contributed by atoms with Gasteiger partial charge in [0.05, 0.1) is 5.60 Å². The topological polar surface area (TPSA) is 64.3 Å². The van der Waals surface area contributed by atoms with E-state index in [4.69, 9.17) is 10.5 Å². The Labute approximate surface area is 127 Å². The van der Waals surface area contributed by atoms with Crippen LogP contribution in [0.5, 0.6) is 0 Å². The number of methoxy groups -OCH3 is 1. The van der Waals surface area contributed by atoms with Gasteiger partial charge in [-0.15, -0.1) is 0 Å². The summed E-state index contributed by atoms with van der Waals surface area (Å²) in [5.41, 5.74) is 6.83. The summed E-state index contributed by atoms with van der Waals surface area (Å²) >= 11 is 0. The Hall–Kier alpha value is -1.39. The SMILES string of the molecule is COC1(C)CC(NC(=O)CC(N)c2ccccc2)C1(C)C. The molecule has 0 saturated heterocycles. The van der Waals surface area contributed by atoms with Crippen molar-refractivity contribution in [2.75, 3.05) is 7.11 Å². The first kappa shape index (κ1) is 16.0. The molecule has 0 aliphatic heterocycles. The zero-order valence-corrected chi connectivity index (χ0v) is 13.3. The maximum absolute atomic E-state index is 12.2. The molecule has 3 atom stereocenters. The van der Waals surface area contributed by atoms with Crippen LogP contribution in [0.1, 0.15) is 45.2 Å². The average Bonchev–Trinajstić information content (AvgIpc) is 2.47. The van der Waals surface area contributed by atoms with Gasteiger partial charge >= 0.3 is 0 Å². The first-order valence-corrected chi connectivity index (χ1v) is 7.45. The third-order valence-electron chi connectivity index (χ3n) is 5.25. The normalized spacial score (nSPS) is 28.5. The molecular formula is C17H26N2O2. The Morgan fingerprint density at radius 2 is 2.00 bits per heavy atom. The van der Waals surface area contributed by atoms with Gasteiger partial charge in [-0.3, -0.25) is 4.79 Å². The van der Waals surface area contributed by atoms with E-state index in [9.17, 15) is 4.79 Å². The molecular weight excluding hydrogens is 264 g/mol. The summed E-state index contributed by atoms with van der Waals surface area (Å²) in [6.07, 6.45) is 1.14. The second-order valence-electron chi connectivity index (χ2n) is 6.70. The van der Waals surface area contributed by atoms with Gasteiger partial charge < -0.3 is 15.8 Å². The summed E-state index contributed by atoms with van der Waals surface area (Å²) in [6.45, 7) is 6.34. The van der Waals surface area contributed by atoms with Gasteiger partial charge in [-0.05, 0) is 18.9 Å². The molecule has 0 spiro atoms. The van der Waals surface area contributed by atoms with Crippen molar-refractivity contribution >= 4 is 5.91 Å². The van der Waals surface area contributed by atoms with Crippen LogP contribution >= 0.6 is 0 Å². The van der Waals surface area contributed by atoms with E-state index < -0.39 is 0 Å². The maximum atomic E-state index is 12.2. The first-order valence-electron chi connectivity index (χ1n) is 7.45. The zero-order valence-electron chi connectivity index (χ0n) is 13.3. The van der Waals surface area contributed by atoms with Crippen LogP contribution in [0.2, 0.25) is 0 Å². The molecule has 4 heteroatoms. The Morgan fingerprint density at radius 3 is 2.52 bits per heavy atom. The van der Waals surface area contributed by atoms with Crippen LogP contribution in [0.3, 0.4) is 0 Å². The molecule has 0 bridgehead atoms. The minimum Gasteiger partial charge on any atom is -0.378 e. The zero-order chi connectivity index (χ0) is 15.7. The van der Waals surface area contributed by atoms with E-state index in [-0.39, 0.29) is 29.0 Å². The van der Waals surface area contributed by atoms with Gasteiger partial charge in [0.25, 0.3) is 0 Å². The van der Waals surface area contributed by atoms with E-state index in [1.807, 2.05) is 30.3 Å². The van der Waals surface area contributed by atoms with Crippen molar-refractivity contribution in [3.05, 3.63) is 35.9 Å². The summed E-state index contributed by atoms with van der Waals surface area (Å²) in [5.74, 6) is 0.00239. The fraction of sp³-hybridized carbons (Fsp3) is 0.588. The molecule has 0 radical (unpaired) electrons. The highest BCUT2D eigenvalue weighted by molar-refractivity contribution is 5.77. The lowest BCUT2D eigenvalue weighted by Crippen LogP contribution is -2.68. The molecule has 0 heterocycles. The number of rotatable bonds is 5. The highest BCUT2D eigenvalue weighted by Crippen LogP contribution is 2.51. The lowest BCUT2D eigenvalue weighted by atomic mass is 9.56. The Balaban J connectivity index is 1.89. The number of carbonyl (C=O) groups excluding carboxylic acids is 1. The number of amides is 1. The van der Waals surface area contributed by atoms with Crippen LogP contribution < -0.4 is 11.1 Å². The first-order chi connectivity index (χ1) is 9.80. The predicted octanol–water partition coefficient (Wildman–Crippen LogP) is 2.40. The van der Waals surface area contributed by atoms with Gasteiger partial charge in [0.15, 0.2) is 0 Å². The summed E-state index contributed by atoms with van der Waals surface area (Å²) in [4.78, 5) is 12.2. The Kier molecular flexibility index (Phi) is 4.40. The van der Waals surface area contributed by atoms with Crippen molar-refractivity contribution in [3.8, 4) is 0 Å². The van der Waals surface area contributed by atoms with Gasteiger partial charge in [-0.2, -0.15) is 0 Å². The molecule has 1 aromatic carbocycles. The smallest absolute Gasteiger partial charge is 0.222 e. The molecule has 1 aliphatic carbocycles. The lowest BCUT2D eigenvalue weighted by molar-refractivity contribution is -0.182. The number of nitrogens with one attached hydrogen (secondary N) is 1. The van der Waals surface area contributed by atoms with Gasteiger partial charge in [0.2, 0.25) is 5.91 Å². The molecule has 3 N–H and O–H groups in total. The number of carbonyl (C=O) groups is 1. The van der Waals surface area contributed by atoms with Gasteiger partial charge in [0.1, 0.15) is 0 Å². The molecule has 3 unspecified atom stereocenters. The molecule has 1 amide bonds. The van der Waals surface area contributed by atoms with E-state index >= 15 is 0 Å². The number of benzene rings is 1. The summed E-state index contributed by atoms with van der Waals surface area (Å²) < 4.78 is 5.58. The fourth-order valence-corrected chi connectivity index (χ4v) is 2.99. The van der Waals surface area contributed by atoms with Crippen molar-refractivity contribution < 1.29 is 9.53 Å². The maximum Gasteiger partial charge on any atom is 0.222 e. The van der Waals surface area contributed by atoms with E-state index in [2.05, 4.69) is 26.1 Å². The molecule has 4 nitrogen and oxygen atoms in total. The van der Waals surface area contributed by atoms with Crippen molar-refractivity contribution in [3.63, 3.8) is 0 Å². The molecule has 116 valence electrons. The summed E-state index contributed by atoms with van der Waals surface area (Å²) in [7, 11) is 1.73. The second-order valence-corrected chi connectivity index (χ2v) is 6.70. The number of nitrogens with two attached hydrogens (primary N) is 1. The Bertz CT molecular complexity index is 501. The van der Waals surface area contributed by atoms with Crippen LogP contribution in [0, 0.1) is 5.41 Å². The van der Waals surface area contributed by atoms with Crippen LogP contribution in [0.25, 0.3) is 0 Å². The predicted molar refractivity (Wildman–Crippen MR) is 83.7 cm³/mol. The fourth-order valence-electron chi connectivity index (χ4n) is 2.99. The van der Waals surface area contributed by atoms with Crippen LogP contribution in [0.4, 0.5) is 0 Å². The van der Waals surface area contributed by atoms with Gasteiger partial charge in [0, 0.05) is 31.0 Å². The standard InChI is InChI=1S/C17H26N2O2/c1-16(2)14(11-17(16,3)21-4)19-15(20)10-13(18)12-8-6-5-7-9-12/h5-9,13-14H,10-11,18H2,1-4H3,(H,19,20).